The molecule has 188 valence electrons. The molecule has 0 amide bonds. The third-order valence-electron chi connectivity index (χ3n) is 6.84. The van der Waals surface area contributed by atoms with Gasteiger partial charge in [-0.2, -0.15) is 0 Å². The number of benzene rings is 2. The summed E-state index contributed by atoms with van der Waals surface area (Å²) in [6.07, 6.45) is 2.87. The molecule has 1 aliphatic rings. The number of pyridine rings is 1. The summed E-state index contributed by atoms with van der Waals surface area (Å²) in [7, 11) is 0. The predicted molar refractivity (Wildman–Crippen MR) is 135 cm³/mol. The highest BCUT2D eigenvalue weighted by molar-refractivity contribution is 5.79. The molecule has 2 atom stereocenters. The number of aromatic amines is 1. The smallest absolute Gasteiger partial charge is 0.252 e. The van der Waals surface area contributed by atoms with Crippen LogP contribution in [-0.2, 0) is 17.8 Å². The summed E-state index contributed by atoms with van der Waals surface area (Å²) in [5.41, 5.74) is 3.48. The molecular weight excluding hydrogens is 459 g/mol. The van der Waals surface area contributed by atoms with Crippen molar-refractivity contribution in [1.29, 1.82) is 0 Å². The van der Waals surface area contributed by atoms with Crippen LogP contribution in [0.3, 0.4) is 0 Å². The van der Waals surface area contributed by atoms with Gasteiger partial charge >= 0.3 is 0 Å². The van der Waals surface area contributed by atoms with Gasteiger partial charge in [-0.25, -0.2) is 9.07 Å². The highest BCUT2D eigenvalue weighted by Crippen LogP contribution is 2.27. The number of aryl methyl sites for hydroxylation is 1. The Kier molecular flexibility index (Phi) is 7.20. The highest BCUT2D eigenvalue weighted by atomic mass is 19.1. The van der Waals surface area contributed by atoms with Crippen LogP contribution >= 0.6 is 0 Å². The summed E-state index contributed by atoms with van der Waals surface area (Å²) in [5, 5.41) is 13.6. The molecule has 2 aromatic heterocycles. The van der Waals surface area contributed by atoms with Crippen molar-refractivity contribution in [2.24, 2.45) is 0 Å². The van der Waals surface area contributed by atoms with Gasteiger partial charge in [-0.3, -0.25) is 9.69 Å². The second-order valence-electron chi connectivity index (χ2n) is 9.52. The molecule has 3 heterocycles. The number of nitrogens with one attached hydrogen (secondary N) is 1. The molecule has 36 heavy (non-hydrogen) atoms. The molecule has 1 N–H and O–H groups in total. The van der Waals surface area contributed by atoms with Gasteiger partial charge in [-0.05, 0) is 77.9 Å². The van der Waals surface area contributed by atoms with Crippen LogP contribution in [0.2, 0.25) is 0 Å². The number of nitrogens with zero attached hydrogens (tertiary/aromatic N) is 5. The van der Waals surface area contributed by atoms with Gasteiger partial charge in [0.05, 0.1) is 18.7 Å². The fourth-order valence-electron chi connectivity index (χ4n) is 4.99. The van der Waals surface area contributed by atoms with E-state index in [1.165, 1.54) is 12.1 Å². The number of tetrazole rings is 1. The van der Waals surface area contributed by atoms with Crippen molar-refractivity contribution in [2.75, 3.05) is 13.2 Å². The van der Waals surface area contributed by atoms with Gasteiger partial charge in [0.15, 0.2) is 5.82 Å². The van der Waals surface area contributed by atoms with E-state index >= 15 is 0 Å². The van der Waals surface area contributed by atoms with Gasteiger partial charge in [-0.15, -0.1) is 5.10 Å². The fourth-order valence-corrected chi connectivity index (χ4v) is 4.99. The summed E-state index contributed by atoms with van der Waals surface area (Å²) < 4.78 is 21.1. The molecule has 9 heteroatoms. The van der Waals surface area contributed by atoms with Crippen LogP contribution < -0.4 is 5.56 Å². The van der Waals surface area contributed by atoms with Crippen molar-refractivity contribution in [1.82, 2.24) is 30.1 Å². The lowest BCUT2D eigenvalue weighted by Gasteiger charge is -2.32. The average Bonchev–Trinajstić information content (AvgIpc) is 3.54. The Morgan fingerprint density at radius 2 is 2.06 bits per heavy atom. The molecule has 8 nitrogen and oxygen atoms in total. The third-order valence-corrected chi connectivity index (χ3v) is 6.84. The number of halogens is 1. The Morgan fingerprint density at radius 1 is 1.22 bits per heavy atom. The first-order valence-corrected chi connectivity index (χ1v) is 12.5. The van der Waals surface area contributed by atoms with E-state index in [1.807, 2.05) is 25.1 Å². The third kappa shape index (κ3) is 5.37. The number of aromatic nitrogens is 5. The standard InChI is InChI=1S/C27H31FN6O2/c1-3-25(26-30-31-32-34(26)15-19-7-9-22(28)10-8-19)33(17-23-5-4-12-36-23)16-21-14-20-13-18(2)6-11-24(20)29-27(21)35/h6-11,13-14,23,25H,3-5,12,15-17H2,1-2H3,(H,29,35)/t23-,25+/m0/s1. The molecule has 0 bridgehead atoms. The minimum absolute atomic E-state index is 0.0931. The van der Waals surface area contributed by atoms with E-state index in [9.17, 15) is 9.18 Å². The molecule has 0 saturated carbocycles. The van der Waals surface area contributed by atoms with Crippen LogP contribution in [-0.4, -0.2) is 49.3 Å². The number of H-pyrrole nitrogens is 1. The number of hydrogen-bond acceptors (Lipinski definition) is 6. The molecule has 0 spiro atoms. The maximum atomic E-state index is 13.4. The van der Waals surface area contributed by atoms with E-state index in [-0.39, 0.29) is 23.5 Å². The van der Waals surface area contributed by atoms with Crippen molar-refractivity contribution in [2.45, 2.75) is 58.3 Å². The van der Waals surface area contributed by atoms with Crippen molar-refractivity contribution in [3.63, 3.8) is 0 Å². The largest absolute Gasteiger partial charge is 0.377 e. The summed E-state index contributed by atoms with van der Waals surface area (Å²) in [6.45, 7) is 6.45. The lowest BCUT2D eigenvalue weighted by atomic mass is 10.1. The molecule has 0 radical (unpaired) electrons. The Bertz CT molecular complexity index is 1380. The molecule has 1 aliphatic heterocycles. The van der Waals surface area contributed by atoms with E-state index in [1.54, 1.807) is 16.8 Å². The number of ether oxygens (including phenoxy) is 1. The summed E-state index contributed by atoms with van der Waals surface area (Å²) in [4.78, 5) is 18.3. The summed E-state index contributed by atoms with van der Waals surface area (Å²) in [5.74, 6) is 0.438. The summed E-state index contributed by atoms with van der Waals surface area (Å²) >= 11 is 0. The van der Waals surface area contributed by atoms with Crippen LogP contribution in [0.4, 0.5) is 4.39 Å². The first kappa shape index (κ1) is 24.3. The molecule has 1 saturated heterocycles. The first-order chi connectivity index (χ1) is 17.5. The lowest BCUT2D eigenvalue weighted by molar-refractivity contribution is 0.0489. The second-order valence-corrected chi connectivity index (χ2v) is 9.52. The summed E-state index contributed by atoms with van der Waals surface area (Å²) in [6, 6.07) is 14.2. The monoisotopic (exact) mass is 490 g/mol. The predicted octanol–water partition coefficient (Wildman–Crippen LogP) is 4.14. The average molecular weight is 491 g/mol. The topological polar surface area (TPSA) is 88.9 Å². The van der Waals surface area contributed by atoms with E-state index in [2.05, 4.69) is 38.4 Å². The Labute approximate surface area is 209 Å². The van der Waals surface area contributed by atoms with Crippen molar-refractivity contribution >= 4 is 10.9 Å². The van der Waals surface area contributed by atoms with E-state index < -0.39 is 0 Å². The zero-order valence-electron chi connectivity index (χ0n) is 20.7. The van der Waals surface area contributed by atoms with Gasteiger partial charge in [0.1, 0.15) is 5.82 Å². The number of fused-ring (bicyclic) bond motifs is 1. The van der Waals surface area contributed by atoms with Gasteiger partial charge in [0, 0.05) is 30.8 Å². The Morgan fingerprint density at radius 3 is 2.81 bits per heavy atom. The number of hydrogen-bond donors (Lipinski definition) is 1. The quantitative estimate of drug-likeness (QED) is 0.379. The molecule has 0 aliphatic carbocycles. The SMILES string of the molecule is CC[C@H](c1nnnn1Cc1ccc(F)cc1)N(Cc1cc2cc(C)ccc2[nH]c1=O)C[C@@H]1CCCO1. The molecular formula is C27H31FN6O2. The zero-order chi connectivity index (χ0) is 25.1. The zero-order valence-corrected chi connectivity index (χ0v) is 20.7. The Hall–Kier alpha value is -3.43. The first-order valence-electron chi connectivity index (χ1n) is 12.5. The van der Waals surface area contributed by atoms with Crippen LogP contribution in [0.5, 0.6) is 0 Å². The van der Waals surface area contributed by atoms with Gasteiger partial charge in [0.25, 0.3) is 5.56 Å². The Balaban J connectivity index is 1.47. The van der Waals surface area contributed by atoms with Gasteiger partial charge in [0.2, 0.25) is 0 Å². The van der Waals surface area contributed by atoms with Crippen LogP contribution in [0.1, 0.15) is 54.7 Å². The van der Waals surface area contributed by atoms with E-state index in [0.29, 0.717) is 31.0 Å². The lowest BCUT2D eigenvalue weighted by Crippen LogP contribution is -2.37. The van der Waals surface area contributed by atoms with Crippen LogP contribution in [0.25, 0.3) is 10.9 Å². The van der Waals surface area contributed by atoms with Crippen molar-refractivity contribution in [3.05, 3.63) is 87.2 Å². The van der Waals surface area contributed by atoms with Crippen molar-refractivity contribution < 1.29 is 9.13 Å². The van der Waals surface area contributed by atoms with Gasteiger partial charge in [-0.1, -0.05) is 30.7 Å². The molecule has 5 rings (SSSR count). The molecule has 2 aromatic carbocycles. The fraction of sp³-hybridized carbons (Fsp3) is 0.407. The minimum Gasteiger partial charge on any atom is -0.377 e. The maximum Gasteiger partial charge on any atom is 0.252 e. The normalized spacial score (nSPS) is 16.7. The minimum atomic E-state index is -0.277. The van der Waals surface area contributed by atoms with Crippen LogP contribution in [0, 0.1) is 12.7 Å². The van der Waals surface area contributed by atoms with Crippen molar-refractivity contribution in [3.8, 4) is 0 Å². The molecule has 4 aromatic rings. The van der Waals surface area contributed by atoms with Crippen LogP contribution in [0.15, 0.2) is 53.3 Å². The molecule has 1 fully saturated rings. The highest BCUT2D eigenvalue weighted by Gasteiger charge is 2.29. The second kappa shape index (κ2) is 10.7. The maximum absolute atomic E-state index is 13.4. The molecule has 0 unspecified atom stereocenters. The van der Waals surface area contributed by atoms with Gasteiger partial charge < -0.3 is 9.72 Å². The van der Waals surface area contributed by atoms with E-state index in [0.717, 1.165) is 47.9 Å². The number of rotatable bonds is 9. The van der Waals surface area contributed by atoms with E-state index in [4.69, 9.17) is 4.74 Å².